The molecule has 0 saturated heterocycles. The summed E-state index contributed by atoms with van der Waals surface area (Å²) < 4.78 is 25.4. The van der Waals surface area contributed by atoms with Gasteiger partial charge in [0.05, 0.1) is 17.4 Å². The molecule has 1 aromatic carbocycles. The normalized spacial score (nSPS) is 12.2. The molecule has 0 radical (unpaired) electrons. The van der Waals surface area contributed by atoms with Crippen molar-refractivity contribution in [3.05, 3.63) is 34.3 Å². The van der Waals surface area contributed by atoms with Crippen molar-refractivity contribution in [2.45, 2.75) is 25.1 Å². The van der Waals surface area contributed by atoms with Crippen molar-refractivity contribution >= 4 is 27.6 Å². The Labute approximate surface area is 128 Å². The van der Waals surface area contributed by atoms with Gasteiger partial charge in [0.1, 0.15) is 5.54 Å². The van der Waals surface area contributed by atoms with Gasteiger partial charge in [-0.05, 0) is 31.5 Å². The van der Waals surface area contributed by atoms with Gasteiger partial charge in [0.25, 0.3) is 0 Å². The van der Waals surface area contributed by atoms with Crippen molar-refractivity contribution < 1.29 is 18.3 Å². The monoisotopic (exact) mass is 330 g/mol. The largest absolute Gasteiger partial charge is 0.480 e. The second-order valence-corrected chi connectivity index (χ2v) is 7.44. The summed E-state index contributed by atoms with van der Waals surface area (Å²) in [6.45, 7) is 2.58. The average Bonchev–Trinajstić information content (AvgIpc) is 2.39. The standard InChI is InChI=1S/C13H15ClN2O4S/c1-13(2,12(17)18)16(3)21(19,20)8-9-4-5-11(14)6-10(9)7-15/h4-6H,8H2,1-3H3,(H,17,18). The Morgan fingerprint density at radius 2 is 2.05 bits per heavy atom. The van der Waals surface area contributed by atoms with Crippen LogP contribution in [0, 0.1) is 11.3 Å². The Hall–Kier alpha value is -1.62. The maximum Gasteiger partial charge on any atom is 0.324 e. The molecule has 0 unspecified atom stereocenters. The molecule has 6 nitrogen and oxygen atoms in total. The van der Waals surface area contributed by atoms with Crippen LogP contribution in [-0.4, -0.2) is 36.4 Å². The zero-order valence-corrected chi connectivity index (χ0v) is 13.4. The van der Waals surface area contributed by atoms with Crippen molar-refractivity contribution in [3.63, 3.8) is 0 Å². The molecule has 1 aromatic rings. The number of benzene rings is 1. The van der Waals surface area contributed by atoms with Gasteiger partial charge in [-0.25, -0.2) is 8.42 Å². The van der Waals surface area contributed by atoms with Crippen molar-refractivity contribution in [3.8, 4) is 6.07 Å². The fourth-order valence-electron chi connectivity index (χ4n) is 1.55. The second-order valence-electron chi connectivity index (χ2n) is 5.00. The number of likely N-dealkylation sites (N-methyl/N-ethyl adjacent to an activating group) is 1. The minimum Gasteiger partial charge on any atom is -0.480 e. The van der Waals surface area contributed by atoms with Crippen LogP contribution >= 0.6 is 11.6 Å². The molecule has 0 aromatic heterocycles. The summed E-state index contributed by atoms with van der Waals surface area (Å²) in [6.07, 6.45) is 0. The molecule has 8 heteroatoms. The Morgan fingerprint density at radius 1 is 1.48 bits per heavy atom. The lowest BCUT2D eigenvalue weighted by Crippen LogP contribution is -2.51. The molecular weight excluding hydrogens is 316 g/mol. The smallest absolute Gasteiger partial charge is 0.324 e. The minimum atomic E-state index is -3.90. The summed E-state index contributed by atoms with van der Waals surface area (Å²) in [5.74, 6) is -1.73. The van der Waals surface area contributed by atoms with Gasteiger partial charge in [0, 0.05) is 12.1 Å². The molecule has 0 aliphatic carbocycles. The van der Waals surface area contributed by atoms with Crippen LogP contribution in [0.2, 0.25) is 5.02 Å². The van der Waals surface area contributed by atoms with Crippen LogP contribution in [0.15, 0.2) is 18.2 Å². The van der Waals surface area contributed by atoms with Gasteiger partial charge in [-0.15, -0.1) is 0 Å². The highest BCUT2D eigenvalue weighted by Crippen LogP contribution is 2.23. The molecule has 0 aliphatic heterocycles. The number of nitrogens with zero attached hydrogens (tertiary/aromatic N) is 2. The van der Waals surface area contributed by atoms with Crippen molar-refractivity contribution in [1.29, 1.82) is 5.26 Å². The van der Waals surface area contributed by atoms with E-state index in [0.29, 0.717) is 5.02 Å². The first-order valence-corrected chi connectivity index (χ1v) is 7.89. The topological polar surface area (TPSA) is 98.5 Å². The fraction of sp³-hybridized carbons (Fsp3) is 0.385. The van der Waals surface area contributed by atoms with E-state index in [1.54, 1.807) is 0 Å². The maximum absolute atomic E-state index is 12.3. The minimum absolute atomic E-state index is 0.146. The third-order valence-corrected chi connectivity index (χ3v) is 5.46. The Kier molecular flexibility index (Phi) is 4.99. The third kappa shape index (κ3) is 3.73. The van der Waals surface area contributed by atoms with Gasteiger partial charge >= 0.3 is 5.97 Å². The summed E-state index contributed by atoms with van der Waals surface area (Å²) in [7, 11) is -2.70. The summed E-state index contributed by atoms with van der Waals surface area (Å²) in [5, 5.41) is 18.4. The third-order valence-electron chi connectivity index (χ3n) is 3.26. The van der Waals surface area contributed by atoms with E-state index in [4.69, 9.17) is 22.0 Å². The lowest BCUT2D eigenvalue weighted by atomic mass is 10.1. The number of halogens is 1. The number of hydrogen-bond donors (Lipinski definition) is 1. The number of carbonyl (C=O) groups is 1. The molecule has 0 fully saturated rings. The number of sulfonamides is 1. The zero-order valence-electron chi connectivity index (χ0n) is 11.8. The molecule has 0 spiro atoms. The number of hydrogen-bond acceptors (Lipinski definition) is 4. The van der Waals surface area contributed by atoms with Crippen LogP contribution in [0.3, 0.4) is 0 Å². The number of carboxylic acid groups (broad SMARTS) is 1. The van der Waals surface area contributed by atoms with Crippen LogP contribution in [0.4, 0.5) is 0 Å². The van der Waals surface area contributed by atoms with Crippen molar-refractivity contribution in [2.24, 2.45) is 0 Å². The van der Waals surface area contributed by atoms with E-state index in [2.05, 4.69) is 0 Å². The van der Waals surface area contributed by atoms with E-state index in [-0.39, 0.29) is 11.1 Å². The van der Waals surface area contributed by atoms with E-state index in [1.807, 2.05) is 6.07 Å². The fourth-order valence-corrected chi connectivity index (χ4v) is 3.34. The van der Waals surface area contributed by atoms with E-state index in [0.717, 1.165) is 4.31 Å². The van der Waals surface area contributed by atoms with E-state index >= 15 is 0 Å². The van der Waals surface area contributed by atoms with Gasteiger partial charge < -0.3 is 5.11 Å². The first-order chi connectivity index (χ1) is 9.52. The predicted octanol–water partition coefficient (Wildman–Crippen LogP) is 1.84. The second kappa shape index (κ2) is 6.02. The van der Waals surface area contributed by atoms with Crippen molar-refractivity contribution in [1.82, 2.24) is 4.31 Å². The lowest BCUT2D eigenvalue weighted by molar-refractivity contribution is -0.145. The van der Waals surface area contributed by atoms with E-state index in [1.165, 1.54) is 39.1 Å². The van der Waals surface area contributed by atoms with Gasteiger partial charge in [0.15, 0.2) is 0 Å². The lowest BCUT2D eigenvalue weighted by Gasteiger charge is -2.30. The SMILES string of the molecule is CN(C(C)(C)C(=O)O)S(=O)(=O)Cc1ccc(Cl)cc1C#N. The molecule has 0 amide bonds. The summed E-state index contributed by atoms with van der Waals surface area (Å²) in [4.78, 5) is 11.2. The molecule has 114 valence electrons. The Morgan fingerprint density at radius 3 is 2.52 bits per heavy atom. The van der Waals surface area contributed by atoms with Crippen molar-refractivity contribution in [2.75, 3.05) is 7.05 Å². The number of aliphatic carboxylic acids is 1. The van der Waals surface area contributed by atoms with Crippen LogP contribution < -0.4 is 0 Å². The Balaban J connectivity index is 3.18. The quantitative estimate of drug-likeness (QED) is 0.888. The molecule has 0 saturated carbocycles. The highest BCUT2D eigenvalue weighted by Gasteiger charge is 2.39. The van der Waals surface area contributed by atoms with Crippen LogP contribution in [0.5, 0.6) is 0 Å². The Bertz CT molecular complexity index is 707. The average molecular weight is 331 g/mol. The molecule has 21 heavy (non-hydrogen) atoms. The molecule has 1 rings (SSSR count). The predicted molar refractivity (Wildman–Crippen MR) is 78.3 cm³/mol. The number of rotatable bonds is 5. The van der Waals surface area contributed by atoms with Gasteiger partial charge in [-0.3, -0.25) is 4.79 Å². The summed E-state index contributed by atoms with van der Waals surface area (Å²) in [5.41, 5.74) is -1.17. The molecule has 0 heterocycles. The summed E-state index contributed by atoms with van der Waals surface area (Å²) in [6, 6.07) is 6.17. The highest BCUT2D eigenvalue weighted by molar-refractivity contribution is 7.88. The number of nitriles is 1. The molecule has 1 N–H and O–H groups in total. The van der Waals surface area contributed by atoms with E-state index < -0.39 is 27.3 Å². The first kappa shape index (κ1) is 17.4. The summed E-state index contributed by atoms with van der Waals surface area (Å²) >= 11 is 5.75. The maximum atomic E-state index is 12.3. The van der Waals surface area contributed by atoms with Crippen LogP contribution in [0.25, 0.3) is 0 Å². The highest BCUT2D eigenvalue weighted by atomic mass is 35.5. The first-order valence-electron chi connectivity index (χ1n) is 5.91. The van der Waals surface area contributed by atoms with Crippen LogP contribution in [-0.2, 0) is 20.6 Å². The zero-order chi connectivity index (χ0) is 16.4. The van der Waals surface area contributed by atoms with Gasteiger partial charge in [-0.1, -0.05) is 17.7 Å². The van der Waals surface area contributed by atoms with Gasteiger partial charge in [-0.2, -0.15) is 9.57 Å². The number of carboxylic acids is 1. The van der Waals surface area contributed by atoms with E-state index in [9.17, 15) is 13.2 Å². The molecule has 0 atom stereocenters. The van der Waals surface area contributed by atoms with Gasteiger partial charge in [0.2, 0.25) is 10.0 Å². The van der Waals surface area contributed by atoms with Crippen LogP contribution in [0.1, 0.15) is 25.0 Å². The molecule has 0 aliphatic rings. The molecule has 0 bridgehead atoms. The molecular formula is C13H15ClN2O4S.